The van der Waals surface area contributed by atoms with Crippen LogP contribution in [0.4, 0.5) is 21.6 Å². The molecule has 0 unspecified atom stereocenters. The maximum atomic E-state index is 13.7. The molecule has 1 aliphatic rings. The molecule has 172 valence electrons. The Kier molecular flexibility index (Phi) is 7.29. The van der Waals surface area contributed by atoms with E-state index < -0.39 is 0 Å². The number of piperazine rings is 1. The van der Waals surface area contributed by atoms with Gasteiger partial charge in [0.2, 0.25) is 5.91 Å². The summed E-state index contributed by atoms with van der Waals surface area (Å²) >= 11 is 1.33. The Bertz CT molecular complexity index is 1100. The number of aryl methyl sites for hydroxylation is 1. The monoisotopic (exact) mass is 467 g/mol. The maximum absolute atomic E-state index is 13.7. The third-order valence-corrected chi connectivity index (χ3v) is 6.40. The van der Waals surface area contributed by atoms with Gasteiger partial charge in [0.15, 0.2) is 0 Å². The second-order valence-electron chi connectivity index (χ2n) is 7.69. The summed E-state index contributed by atoms with van der Waals surface area (Å²) in [5.41, 5.74) is 2.16. The second kappa shape index (κ2) is 10.5. The molecule has 1 saturated heterocycles. The van der Waals surface area contributed by atoms with Crippen LogP contribution in [-0.2, 0) is 4.79 Å². The van der Waals surface area contributed by atoms with Crippen molar-refractivity contribution in [2.75, 3.05) is 54.2 Å². The van der Waals surface area contributed by atoms with E-state index in [0.29, 0.717) is 11.3 Å². The first kappa shape index (κ1) is 22.8. The van der Waals surface area contributed by atoms with Gasteiger partial charge in [0.05, 0.1) is 12.9 Å². The van der Waals surface area contributed by atoms with Gasteiger partial charge in [0, 0.05) is 43.6 Å². The van der Waals surface area contributed by atoms with Crippen molar-refractivity contribution in [1.82, 2.24) is 9.97 Å². The number of thioether (sulfide) groups is 1. The molecule has 3 aromatic rings. The first-order valence-electron chi connectivity index (χ1n) is 10.7. The maximum Gasteiger partial charge on any atom is 0.234 e. The number of nitrogens with one attached hydrogen (secondary N) is 1. The Hall–Kier alpha value is -3.33. The van der Waals surface area contributed by atoms with E-state index in [9.17, 15) is 9.18 Å². The second-order valence-corrected chi connectivity index (χ2v) is 8.68. The average molecular weight is 468 g/mol. The zero-order valence-electron chi connectivity index (χ0n) is 18.6. The number of benzene rings is 2. The van der Waals surface area contributed by atoms with Gasteiger partial charge in [-0.05, 0) is 48.9 Å². The van der Waals surface area contributed by atoms with Gasteiger partial charge in [-0.1, -0.05) is 17.8 Å². The molecular formula is C24H26FN5O2S. The van der Waals surface area contributed by atoms with Crippen LogP contribution in [0.1, 0.15) is 5.56 Å². The van der Waals surface area contributed by atoms with Crippen LogP contribution in [0, 0.1) is 12.7 Å². The highest BCUT2D eigenvalue weighted by molar-refractivity contribution is 7.99. The van der Waals surface area contributed by atoms with Crippen LogP contribution >= 0.6 is 11.8 Å². The molecule has 0 saturated carbocycles. The number of carbonyl (C=O) groups excluding carboxylic acids is 1. The quantitative estimate of drug-likeness (QED) is 0.416. The molecule has 2 aromatic carbocycles. The minimum absolute atomic E-state index is 0.178. The number of rotatable bonds is 7. The van der Waals surface area contributed by atoms with Gasteiger partial charge in [0.1, 0.15) is 28.7 Å². The van der Waals surface area contributed by atoms with E-state index in [1.807, 2.05) is 18.2 Å². The number of halogens is 1. The lowest BCUT2D eigenvalue weighted by molar-refractivity contribution is -0.113. The fourth-order valence-electron chi connectivity index (χ4n) is 3.58. The third-order valence-electron chi connectivity index (χ3n) is 5.48. The summed E-state index contributed by atoms with van der Waals surface area (Å²) in [6, 6.07) is 14.7. The van der Waals surface area contributed by atoms with E-state index in [2.05, 4.69) is 37.2 Å². The molecule has 2 heterocycles. The normalized spacial score (nSPS) is 13.7. The van der Waals surface area contributed by atoms with E-state index in [1.165, 1.54) is 29.8 Å². The van der Waals surface area contributed by atoms with Gasteiger partial charge in [-0.2, -0.15) is 0 Å². The van der Waals surface area contributed by atoms with E-state index in [-0.39, 0.29) is 17.5 Å². The van der Waals surface area contributed by atoms with Gasteiger partial charge >= 0.3 is 0 Å². The number of hydrogen-bond donors (Lipinski definition) is 1. The minimum atomic E-state index is -0.340. The summed E-state index contributed by atoms with van der Waals surface area (Å²) in [4.78, 5) is 25.5. The summed E-state index contributed by atoms with van der Waals surface area (Å²) in [7, 11) is 1.67. The highest BCUT2D eigenvalue weighted by Crippen LogP contribution is 2.24. The van der Waals surface area contributed by atoms with Crippen molar-refractivity contribution >= 4 is 34.9 Å². The molecule has 33 heavy (non-hydrogen) atoms. The molecule has 1 aromatic heterocycles. The predicted molar refractivity (Wildman–Crippen MR) is 130 cm³/mol. The molecule has 0 bridgehead atoms. The summed E-state index contributed by atoms with van der Waals surface area (Å²) in [5, 5.41) is 3.44. The summed E-state index contributed by atoms with van der Waals surface area (Å²) in [5.74, 6) is 1.33. The number of aromatic nitrogens is 2. The van der Waals surface area contributed by atoms with Crippen molar-refractivity contribution in [3.8, 4) is 5.75 Å². The summed E-state index contributed by atoms with van der Waals surface area (Å²) in [6.45, 7) is 5.13. The van der Waals surface area contributed by atoms with Crippen LogP contribution in [0.15, 0.2) is 59.9 Å². The molecule has 0 atom stereocenters. The molecule has 1 fully saturated rings. The predicted octanol–water partition coefficient (Wildman–Crippen LogP) is 3.99. The number of hydrogen-bond acceptors (Lipinski definition) is 7. The zero-order chi connectivity index (χ0) is 23.2. The van der Waals surface area contributed by atoms with E-state index in [1.54, 1.807) is 26.2 Å². The van der Waals surface area contributed by atoms with Gasteiger partial charge in [-0.15, -0.1) is 0 Å². The van der Waals surface area contributed by atoms with E-state index in [0.717, 1.165) is 42.8 Å². The molecular weight excluding hydrogens is 441 g/mol. The topological polar surface area (TPSA) is 70.6 Å². The smallest absolute Gasteiger partial charge is 0.234 e. The van der Waals surface area contributed by atoms with Crippen molar-refractivity contribution < 1.29 is 13.9 Å². The lowest BCUT2D eigenvalue weighted by Gasteiger charge is -2.36. The van der Waals surface area contributed by atoms with Crippen molar-refractivity contribution in [3.05, 3.63) is 66.2 Å². The molecule has 1 N–H and O–H groups in total. The first-order chi connectivity index (χ1) is 16.0. The molecule has 0 aliphatic carbocycles. The molecule has 7 nitrogen and oxygen atoms in total. The first-order valence-corrected chi connectivity index (χ1v) is 11.6. The van der Waals surface area contributed by atoms with Crippen LogP contribution in [-0.4, -0.2) is 54.9 Å². The van der Waals surface area contributed by atoms with Crippen LogP contribution in [0.25, 0.3) is 0 Å². The molecule has 1 aliphatic heterocycles. The van der Waals surface area contributed by atoms with Crippen molar-refractivity contribution in [2.45, 2.75) is 11.9 Å². The Balaban J connectivity index is 1.29. The molecule has 4 rings (SSSR count). The van der Waals surface area contributed by atoms with Crippen LogP contribution in [0.3, 0.4) is 0 Å². The Morgan fingerprint density at radius 1 is 1.06 bits per heavy atom. The Morgan fingerprint density at radius 3 is 2.48 bits per heavy atom. The van der Waals surface area contributed by atoms with Gasteiger partial charge in [0.25, 0.3) is 0 Å². The van der Waals surface area contributed by atoms with Crippen molar-refractivity contribution in [1.29, 1.82) is 0 Å². The van der Waals surface area contributed by atoms with Crippen LogP contribution in [0.5, 0.6) is 5.75 Å². The van der Waals surface area contributed by atoms with Gasteiger partial charge in [-0.25, -0.2) is 14.4 Å². The number of anilines is 3. The number of amides is 1. The van der Waals surface area contributed by atoms with Crippen molar-refractivity contribution in [2.24, 2.45) is 0 Å². The van der Waals surface area contributed by atoms with Crippen LogP contribution in [0.2, 0.25) is 0 Å². The molecule has 9 heteroatoms. The molecule has 0 spiro atoms. The minimum Gasteiger partial charge on any atom is -0.497 e. The SMILES string of the molecule is COc1ccc(N2CCN(c3cc(SCC(=O)Nc4ccc(C)c(F)c4)ncn3)CC2)cc1. The average Bonchev–Trinajstić information content (AvgIpc) is 2.85. The summed E-state index contributed by atoms with van der Waals surface area (Å²) in [6.07, 6.45) is 1.53. The third kappa shape index (κ3) is 5.92. The number of ether oxygens (including phenoxy) is 1. The van der Waals surface area contributed by atoms with E-state index >= 15 is 0 Å². The number of methoxy groups -OCH3 is 1. The lowest BCUT2D eigenvalue weighted by Crippen LogP contribution is -2.46. The van der Waals surface area contributed by atoms with Crippen LogP contribution < -0.4 is 19.9 Å². The molecule has 0 radical (unpaired) electrons. The number of nitrogens with zero attached hydrogens (tertiary/aromatic N) is 4. The number of carbonyl (C=O) groups is 1. The largest absolute Gasteiger partial charge is 0.497 e. The fraction of sp³-hybridized carbons (Fsp3) is 0.292. The molecule has 1 amide bonds. The van der Waals surface area contributed by atoms with Crippen molar-refractivity contribution in [3.63, 3.8) is 0 Å². The Morgan fingerprint density at radius 2 is 1.79 bits per heavy atom. The Labute approximate surface area is 197 Å². The lowest BCUT2D eigenvalue weighted by atomic mass is 10.2. The highest BCUT2D eigenvalue weighted by Gasteiger charge is 2.19. The zero-order valence-corrected chi connectivity index (χ0v) is 19.4. The standard InChI is InChI=1S/C24H26FN5O2S/c1-17-3-4-18(13-21(17)25)28-23(31)15-33-24-14-22(26-16-27-24)30-11-9-29(10-12-30)19-5-7-20(32-2)8-6-19/h3-8,13-14,16H,9-12,15H2,1-2H3,(H,28,31). The summed E-state index contributed by atoms with van der Waals surface area (Å²) < 4.78 is 18.9. The fourth-order valence-corrected chi connectivity index (χ4v) is 4.24. The van der Waals surface area contributed by atoms with E-state index in [4.69, 9.17) is 4.74 Å². The highest BCUT2D eigenvalue weighted by atomic mass is 32.2. The van der Waals surface area contributed by atoms with Gasteiger partial charge in [-0.3, -0.25) is 4.79 Å². The van der Waals surface area contributed by atoms with Gasteiger partial charge < -0.3 is 19.9 Å².